The van der Waals surface area contributed by atoms with Gasteiger partial charge in [-0.25, -0.2) is 0 Å². The maximum Gasteiger partial charge on any atom is 0.170 e. The van der Waals surface area contributed by atoms with Gasteiger partial charge in [0.05, 0.1) is 13.2 Å². The Morgan fingerprint density at radius 1 is 0.440 bits per heavy atom. The summed E-state index contributed by atoms with van der Waals surface area (Å²) in [6.45, 7) is 24.6. The fraction of sp³-hybridized carbons (Fsp3) is 0.362. The summed E-state index contributed by atoms with van der Waals surface area (Å²) in [7, 11) is -0.841. The predicted molar refractivity (Wildman–Crippen MR) is 213 cm³/mol. The summed E-state index contributed by atoms with van der Waals surface area (Å²) in [5.41, 5.74) is 22.9. The van der Waals surface area contributed by atoms with Crippen molar-refractivity contribution in [1.29, 1.82) is 0 Å². The zero-order valence-corrected chi connectivity index (χ0v) is 32.6. The van der Waals surface area contributed by atoms with Crippen LogP contribution in [0.3, 0.4) is 0 Å². The molecule has 2 aliphatic rings. The van der Waals surface area contributed by atoms with E-state index in [9.17, 15) is 0 Å². The third-order valence-corrected chi connectivity index (χ3v) is 16.0. The monoisotopic (exact) mass is 680 g/mol. The second-order valence-corrected chi connectivity index (χ2v) is 17.5. The molecule has 0 N–H and O–H groups in total. The van der Waals surface area contributed by atoms with Crippen LogP contribution in [0.5, 0.6) is 0 Å². The lowest BCUT2D eigenvalue weighted by Gasteiger charge is -2.48. The second kappa shape index (κ2) is 13.5. The summed E-state index contributed by atoms with van der Waals surface area (Å²) >= 11 is 0. The lowest BCUT2D eigenvalue weighted by atomic mass is 9.83. The zero-order valence-electron chi connectivity index (χ0n) is 31.8. The van der Waals surface area contributed by atoms with Gasteiger partial charge in [0, 0.05) is 24.2 Å². The number of hydrogen-bond acceptors (Lipinski definition) is 2. The highest BCUT2D eigenvalue weighted by Gasteiger charge is 2.52. The van der Waals surface area contributed by atoms with Crippen LogP contribution in [-0.4, -0.2) is 19.0 Å². The van der Waals surface area contributed by atoms with Gasteiger partial charge in [0.25, 0.3) is 0 Å². The number of hydrogen-bond donors (Lipinski definition) is 0. The van der Waals surface area contributed by atoms with E-state index >= 15 is 0 Å². The van der Waals surface area contributed by atoms with Gasteiger partial charge in [-0.15, -0.1) is 0 Å². The SMILES string of the molecule is Cc1c(C)c(C)c(-c2cccc(-c3c(C)c(C)c(C)c(C)c3C)c2P2C(c3ccccc3)CC3(CC2c2ccccc2)OCCO3)c(C)c1C. The lowest BCUT2D eigenvalue weighted by Crippen LogP contribution is -2.39. The molecule has 2 aliphatic heterocycles. The first-order valence-electron chi connectivity index (χ1n) is 18.4. The van der Waals surface area contributed by atoms with Crippen LogP contribution in [0.15, 0.2) is 78.9 Å². The van der Waals surface area contributed by atoms with Crippen molar-refractivity contribution in [1.82, 2.24) is 0 Å². The molecule has 0 bridgehead atoms. The van der Waals surface area contributed by atoms with Gasteiger partial charge < -0.3 is 9.47 Å². The van der Waals surface area contributed by atoms with Crippen molar-refractivity contribution in [2.24, 2.45) is 0 Å². The highest BCUT2D eigenvalue weighted by molar-refractivity contribution is 7.67. The average molecular weight is 681 g/mol. The molecule has 0 aromatic heterocycles. The van der Waals surface area contributed by atoms with Crippen LogP contribution >= 0.6 is 7.92 Å². The van der Waals surface area contributed by atoms with Crippen LogP contribution < -0.4 is 5.30 Å². The molecule has 0 aliphatic carbocycles. The Morgan fingerprint density at radius 3 is 1.14 bits per heavy atom. The molecule has 2 fully saturated rings. The van der Waals surface area contributed by atoms with Crippen molar-refractivity contribution in [2.75, 3.05) is 13.2 Å². The van der Waals surface area contributed by atoms with Crippen LogP contribution in [0, 0.1) is 69.2 Å². The quantitative estimate of drug-likeness (QED) is 0.172. The predicted octanol–water partition coefficient (Wildman–Crippen LogP) is 12.2. The van der Waals surface area contributed by atoms with Crippen molar-refractivity contribution in [3.05, 3.63) is 146 Å². The van der Waals surface area contributed by atoms with E-state index in [2.05, 4.69) is 148 Å². The lowest BCUT2D eigenvalue weighted by molar-refractivity contribution is -0.170. The van der Waals surface area contributed by atoms with Crippen molar-refractivity contribution >= 4 is 13.2 Å². The summed E-state index contributed by atoms with van der Waals surface area (Å²) in [4.78, 5) is 0. The topological polar surface area (TPSA) is 18.5 Å². The molecule has 0 amide bonds. The van der Waals surface area contributed by atoms with E-state index in [4.69, 9.17) is 9.47 Å². The zero-order chi connectivity index (χ0) is 35.5. The summed E-state index contributed by atoms with van der Waals surface area (Å²) in [6.07, 6.45) is 1.71. The van der Waals surface area contributed by atoms with Gasteiger partial charge in [0.2, 0.25) is 0 Å². The summed E-state index contributed by atoms with van der Waals surface area (Å²) in [5, 5.41) is 1.53. The Morgan fingerprint density at radius 2 is 0.780 bits per heavy atom. The van der Waals surface area contributed by atoms with E-state index in [0.717, 1.165) is 12.8 Å². The molecule has 2 unspecified atom stereocenters. The van der Waals surface area contributed by atoms with Crippen LogP contribution in [-0.2, 0) is 9.47 Å². The van der Waals surface area contributed by atoms with E-state index in [-0.39, 0.29) is 11.3 Å². The van der Waals surface area contributed by atoms with Gasteiger partial charge in [-0.05, 0) is 164 Å². The summed E-state index contributed by atoms with van der Waals surface area (Å²) < 4.78 is 13.3. The van der Waals surface area contributed by atoms with Crippen LogP contribution in [0.4, 0.5) is 0 Å². The van der Waals surface area contributed by atoms with Gasteiger partial charge in [-0.1, -0.05) is 86.8 Å². The maximum absolute atomic E-state index is 6.65. The van der Waals surface area contributed by atoms with E-state index in [1.54, 1.807) is 0 Å². The average Bonchev–Trinajstić information content (AvgIpc) is 3.59. The Hall–Kier alpha value is -3.55. The molecule has 5 aromatic carbocycles. The van der Waals surface area contributed by atoms with Gasteiger partial charge in [0.1, 0.15) is 0 Å². The second-order valence-electron chi connectivity index (χ2n) is 15.0. The third kappa shape index (κ3) is 5.69. The molecule has 0 saturated carbocycles. The Kier molecular flexibility index (Phi) is 9.44. The Labute approximate surface area is 302 Å². The molecular weight excluding hydrogens is 627 g/mol. The maximum atomic E-state index is 6.65. The molecule has 258 valence electrons. The van der Waals surface area contributed by atoms with Crippen LogP contribution in [0.25, 0.3) is 22.3 Å². The molecule has 2 heterocycles. The van der Waals surface area contributed by atoms with E-state index < -0.39 is 13.7 Å². The largest absolute Gasteiger partial charge is 0.347 e. The first kappa shape index (κ1) is 34.9. The minimum Gasteiger partial charge on any atom is -0.347 e. The van der Waals surface area contributed by atoms with Crippen LogP contribution in [0.2, 0.25) is 0 Å². The van der Waals surface area contributed by atoms with Crippen molar-refractivity contribution in [3.8, 4) is 22.3 Å². The fourth-order valence-electron chi connectivity index (χ4n) is 9.07. The molecule has 5 aromatic rings. The molecule has 7 rings (SSSR count). The molecule has 50 heavy (non-hydrogen) atoms. The molecule has 2 atom stereocenters. The van der Waals surface area contributed by atoms with E-state index in [1.807, 2.05) is 0 Å². The smallest absolute Gasteiger partial charge is 0.170 e. The van der Waals surface area contributed by atoms with Gasteiger partial charge >= 0.3 is 0 Å². The van der Waals surface area contributed by atoms with Crippen LogP contribution in [0.1, 0.15) is 90.9 Å². The molecule has 1 spiro atoms. The van der Waals surface area contributed by atoms with Gasteiger partial charge in [0.15, 0.2) is 5.79 Å². The third-order valence-electron chi connectivity index (χ3n) is 12.7. The summed E-state index contributed by atoms with van der Waals surface area (Å²) in [5.74, 6) is -0.583. The Balaban J connectivity index is 1.64. The fourth-order valence-corrected chi connectivity index (χ4v) is 13.0. The Bertz CT molecular complexity index is 1870. The van der Waals surface area contributed by atoms with Crippen molar-refractivity contribution in [2.45, 2.75) is 99.2 Å². The molecule has 2 saturated heterocycles. The van der Waals surface area contributed by atoms with Crippen molar-refractivity contribution < 1.29 is 9.47 Å². The standard InChI is InChI=1S/C47H53O2P/c1-28-30(3)34(7)44(35(8)31(28)4)40-22-17-23-41(45-36(9)32(5)29(2)33(6)37(45)10)46(40)50-42(38-18-13-11-14-19-38)26-47(48-24-25-49-47)27-43(50)39-20-15-12-16-21-39/h11-23,42-43H,24-27H2,1-10H3. The normalized spacial score (nSPS) is 20.1. The highest BCUT2D eigenvalue weighted by atomic mass is 31.1. The minimum atomic E-state index is -0.841. The van der Waals surface area contributed by atoms with E-state index in [1.165, 1.54) is 94.3 Å². The minimum absolute atomic E-state index is 0.240. The first-order chi connectivity index (χ1) is 24.0. The molecule has 0 radical (unpaired) electrons. The number of rotatable bonds is 5. The van der Waals surface area contributed by atoms with Gasteiger partial charge in [-0.3, -0.25) is 0 Å². The summed E-state index contributed by atoms with van der Waals surface area (Å²) in [6, 6.07) is 29.8. The molecule has 3 heteroatoms. The molecular formula is C47H53O2P. The first-order valence-corrected chi connectivity index (χ1v) is 19.9. The number of benzene rings is 5. The number of ether oxygens (including phenoxy) is 2. The highest BCUT2D eigenvalue weighted by Crippen LogP contribution is 2.71. The van der Waals surface area contributed by atoms with Crippen molar-refractivity contribution in [3.63, 3.8) is 0 Å². The van der Waals surface area contributed by atoms with E-state index in [0.29, 0.717) is 13.2 Å². The van der Waals surface area contributed by atoms with Gasteiger partial charge in [-0.2, -0.15) is 0 Å². The molecule has 2 nitrogen and oxygen atoms in total.